The van der Waals surface area contributed by atoms with Crippen molar-refractivity contribution in [3.63, 3.8) is 0 Å². The minimum Gasteiger partial charge on any atom is -0.478 e. The van der Waals surface area contributed by atoms with Crippen LogP contribution in [0.25, 0.3) is 0 Å². The quantitative estimate of drug-likeness (QED) is 0.326. The zero-order valence-corrected chi connectivity index (χ0v) is 24.0. The lowest BCUT2D eigenvalue weighted by atomic mass is 10.1. The highest BCUT2D eigenvalue weighted by Gasteiger charge is 2.38. The first kappa shape index (κ1) is 32.3. The summed E-state index contributed by atoms with van der Waals surface area (Å²) in [6, 6.07) is 19.9. The number of carboxylic acid groups (broad SMARTS) is 2. The summed E-state index contributed by atoms with van der Waals surface area (Å²) in [5, 5.41) is 16.6. The number of aliphatic carboxylic acids is 1. The van der Waals surface area contributed by atoms with E-state index in [0.29, 0.717) is 18.8 Å². The first-order chi connectivity index (χ1) is 19.6. The lowest BCUT2D eigenvalue weighted by Gasteiger charge is -2.43. The summed E-state index contributed by atoms with van der Waals surface area (Å²) in [5.41, 5.74) is 4.36. The molecule has 0 aliphatic carbocycles. The molecule has 42 heavy (non-hydrogen) atoms. The van der Waals surface area contributed by atoms with Crippen molar-refractivity contribution in [1.82, 2.24) is 0 Å². The normalized spacial score (nSPS) is 15.4. The number of nitrogens with zero attached hydrogens (tertiary/aromatic N) is 2. The van der Waals surface area contributed by atoms with Gasteiger partial charge in [-0.1, -0.05) is 31.2 Å². The van der Waals surface area contributed by atoms with E-state index in [9.17, 15) is 31.5 Å². The summed E-state index contributed by atoms with van der Waals surface area (Å²) in [6.07, 6.45) is -4.27. The van der Waals surface area contributed by atoms with Gasteiger partial charge in [0.1, 0.15) is 0 Å². The molecule has 0 radical (unpaired) electrons. The number of rotatable bonds is 7. The topological polar surface area (TPSA) is 127 Å². The zero-order valence-electron chi connectivity index (χ0n) is 23.2. The lowest BCUT2D eigenvalue weighted by Crippen LogP contribution is -2.52. The fraction of sp³-hybridized carbons (Fsp3) is 0.310. The predicted octanol–water partition coefficient (Wildman–Crippen LogP) is 5.40. The molecule has 9 nitrogen and oxygen atoms in total. The van der Waals surface area contributed by atoms with Crippen LogP contribution in [0, 0.1) is 6.92 Å². The number of alkyl halides is 3. The monoisotopic (exact) mass is 607 g/mol. The highest BCUT2D eigenvalue weighted by Crippen LogP contribution is 2.32. The van der Waals surface area contributed by atoms with E-state index in [4.69, 9.17) is 9.90 Å². The van der Waals surface area contributed by atoms with E-state index in [1.54, 1.807) is 30.3 Å². The van der Waals surface area contributed by atoms with Gasteiger partial charge in [-0.2, -0.15) is 13.2 Å². The smallest absolute Gasteiger partial charge is 0.478 e. The molecule has 1 atom stereocenters. The van der Waals surface area contributed by atoms with E-state index in [-0.39, 0.29) is 22.2 Å². The molecule has 0 bridgehead atoms. The van der Waals surface area contributed by atoms with Crippen molar-refractivity contribution in [3.05, 3.63) is 83.4 Å². The summed E-state index contributed by atoms with van der Waals surface area (Å²) in [5.74, 6) is -3.87. The minimum absolute atomic E-state index is 0.0271. The molecular formula is C29H32F3N3O6S. The van der Waals surface area contributed by atoms with Crippen LogP contribution < -0.4 is 14.5 Å². The Balaban J connectivity index is 0.000000616. The average molecular weight is 608 g/mol. The molecule has 226 valence electrons. The summed E-state index contributed by atoms with van der Waals surface area (Å²) in [4.78, 5) is 25.1. The summed E-state index contributed by atoms with van der Waals surface area (Å²) < 4.78 is 60.7. The van der Waals surface area contributed by atoms with E-state index < -0.39 is 28.1 Å². The van der Waals surface area contributed by atoms with Gasteiger partial charge in [0.05, 0.1) is 21.8 Å². The second kappa shape index (κ2) is 13.1. The molecule has 0 amide bonds. The number of hydrogen-bond donors (Lipinski definition) is 3. The first-order valence-corrected chi connectivity index (χ1v) is 14.5. The van der Waals surface area contributed by atoms with E-state index in [1.165, 1.54) is 17.7 Å². The number of hydrogen-bond acceptors (Lipinski definition) is 6. The van der Waals surface area contributed by atoms with Crippen LogP contribution in [0.4, 0.5) is 30.2 Å². The molecule has 0 saturated carbocycles. The molecule has 1 saturated heterocycles. The molecule has 3 aromatic rings. The number of benzene rings is 3. The number of carboxylic acids is 2. The van der Waals surface area contributed by atoms with Gasteiger partial charge in [0.15, 0.2) is 0 Å². The van der Waals surface area contributed by atoms with Crippen molar-refractivity contribution < 1.29 is 41.4 Å². The second-order valence-corrected chi connectivity index (χ2v) is 11.5. The van der Waals surface area contributed by atoms with Gasteiger partial charge >= 0.3 is 18.1 Å². The standard InChI is InChI=1S/C27H31N3O4S.C2HF3O2/c1-4-21-8-11-24(12-9-21)35(33,34)28-25-17-22(27(31)32)10-13-26(25)29-14-15-30(20(3)18-29)23-7-5-6-19(2)16-23;3-2(4,5)1(6)7/h5-13,16-17,20,28H,4,14-15,18H2,1-3H3,(H,31,32);(H,6,7). The van der Waals surface area contributed by atoms with Crippen LogP contribution in [0.3, 0.4) is 0 Å². The van der Waals surface area contributed by atoms with Crippen molar-refractivity contribution in [2.45, 2.75) is 44.3 Å². The third-order valence-electron chi connectivity index (χ3n) is 6.67. The van der Waals surface area contributed by atoms with Gasteiger partial charge in [-0.15, -0.1) is 0 Å². The maximum Gasteiger partial charge on any atom is 0.490 e. The van der Waals surface area contributed by atoms with Crippen LogP contribution in [0.1, 0.15) is 35.3 Å². The van der Waals surface area contributed by atoms with Crippen molar-refractivity contribution in [1.29, 1.82) is 0 Å². The third kappa shape index (κ3) is 8.15. The van der Waals surface area contributed by atoms with Crippen LogP contribution in [-0.4, -0.2) is 62.4 Å². The summed E-state index contributed by atoms with van der Waals surface area (Å²) >= 11 is 0. The van der Waals surface area contributed by atoms with Crippen LogP contribution in [-0.2, 0) is 21.2 Å². The maximum atomic E-state index is 13.2. The Morgan fingerprint density at radius 1 is 1.00 bits per heavy atom. The van der Waals surface area contributed by atoms with E-state index in [2.05, 4.69) is 46.6 Å². The highest BCUT2D eigenvalue weighted by atomic mass is 32.2. The van der Waals surface area contributed by atoms with Gasteiger partial charge in [-0.05, 0) is 73.9 Å². The van der Waals surface area contributed by atoms with Gasteiger partial charge in [-0.25, -0.2) is 18.0 Å². The molecule has 1 aliphatic heterocycles. The van der Waals surface area contributed by atoms with Crippen molar-refractivity contribution in [3.8, 4) is 0 Å². The summed E-state index contributed by atoms with van der Waals surface area (Å²) in [6.45, 7) is 8.31. The predicted molar refractivity (Wildman–Crippen MR) is 154 cm³/mol. The Labute approximate surface area is 242 Å². The fourth-order valence-corrected chi connectivity index (χ4v) is 5.57. The number of carbonyl (C=O) groups is 2. The third-order valence-corrected chi connectivity index (χ3v) is 8.06. The minimum atomic E-state index is -5.08. The van der Waals surface area contributed by atoms with Crippen molar-refractivity contribution in [2.24, 2.45) is 0 Å². The number of nitrogens with one attached hydrogen (secondary N) is 1. The highest BCUT2D eigenvalue weighted by molar-refractivity contribution is 7.92. The zero-order chi connectivity index (χ0) is 31.2. The van der Waals surface area contributed by atoms with E-state index in [1.807, 2.05) is 13.0 Å². The molecule has 1 unspecified atom stereocenters. The molecule has 4 rings (SSSR count). The van der Waals surface area contributed by atoms with Crippen molar-refractivity contribution >= 4 is 39.0 Å². The molecule has 0 spiro atoms. The number of aromatic carboxylic acids is 1. The number of aryl methyl sites for hydroxylation is 2. The Bertz CT molecular complexity index is 1530. The maximum absolute atomic E-state index is 13.2. The number of anilines is 3. The van der Waals surface area contributed by atoms with Crippen LogP contribution in [0.2, 0.25) is 0 Å². The Kier molecular flexibility index (Phi) is 10.1. The fourth-order valence-electron chi connectivity index (χ4n) is 4.50. The molecule has 1 fully saturated rings. The first-order valence-electron chi connectivity index (χ1n) is 13.0. The van der Waals surface area contributed by atoms with E-state index in [0.717, 1.165) is 24.2 Å². The van der Waals surface area contributed by atoms with Crippen LogP contribution in [0.15, 0.2) is 71.6 Å². The van der Waals surface area contributed by atoms with Gasteiger partial charge in [0.2, 0.25) is 0 Å². The molecule has 1 heterocycles. The SMILES string of the molecule is CCc1ccc(S(=O)(=O)Nc2cc(C(=O)O)ccc2N2CCN(c3cccc(C)c3)C(C)C2)cc1.O=C(O)C(F)(F)F. The molecule has 3 N–H and O–H groups in total. The van der Waals surface area contributed by atoms with Crippen molar-refractivity contribution in [2.75, 3.05) is 34.2 Å². The average Bonchev–Trinajstić information content (AvgIpc) is 2.92. The van der Waals surface area contributed by atoms with Gasteiger partial charge in [0, 0.05) is 31.4 Å². The Morgan fingerprint density at radius 2 is 1.64 bits per heavy atom. The molecular weight excluding hydrogens is 575 g/mol. The second-order valence-electron chi connectivity index (χ2n) is 9.77. The van der Waals surface area contributed by atoms with E-state index >= 15 is 0 Å². The molecule has 0 aromatic heterocycles. The molecule has 3 aromatic carbocycles. The summed E-state index contributed by atoms with van der Waals surface area (Å²) in [7, 11) is -3.89. The molecule has 13 heteroatoms. The number of sulfonamides is 1. The van der Waals surface area contributed by atoms with Gasteiger partial charge < -0.3 is 20.0 Å². The van der Waals surface area contributed by atoms with Crippen LogP contribution >= 0.6 is 0 Å². The number of halogens is 3. The lowest BCUT2D eigenvalue weighted by molar-refractivity contribution is -0.192. The Hall–Kier alpha value is -4.26. The molecule has 1 aliphatic rings. The number of piperazine rings is 1. The largest absolute Gasteiger partial charge is 0.490 e. The Morgan fingerprint density at radius 3 is 2.17 bits per heavy atom. The van der Waals surface area contributed by atoms with Crippen LogP contribution in [0.5, 0.6) is 0 Å². The van der Waals surface area contributed by atoms with Gasteiger partial charge in [0.25, 0.3) is 10.0 Å². The van der Waals surface area contributed by atoms with Gasteiger partial charge in [-0.3, -0.25) is 4.72 Å².